The fourth-order valence-electron chi connectivity index (χ4n) is 1.70. The summed E-state index contributed by atoms with van der Waals surface area (Å²) in [5.41, 5.74) is 1.14. The van der Waals surface area contributed by atoms with Gasteiger partial charge in [0, 0.05) is 9.80 Å². The fraction of sp³-hybridized carbons (Fsp3) is 0.444. The van der Waals surface area contributed by atoms with E-state index in [1.54, 1.807) is 6.08 Å². The second kappa shape index (κ2) is 8.96. The third-order valence-electron chi connectivity index (χ3n) is 3.20. The molecule has 116 valence electrons. The number of rotatable bonds is 7. The second-order valence-electron chi connectivity index (χ2n) is 5.58. The van der Waals surface area contributed by atoms with Crippen LogP contribution >= 0.6 is 0 Å². The van der Waals surface area contributed by atoms with Gasteiger partial charge in [0.2, 0.25) is 0 Å². The van der Waals surface area contributed by atoms with Crippen LogP contribution in [0.4, 0.5) is 0 Å². The van der Waals surface area contributed by atoms with Gasteiger partial charge in [0.1, 0.15) is 0 Å². The van der Waals surface area contributed by atoms with E-state index in [4.69, 9.17) is 0 Å². The highest BCUT2D eigenvalue weighted by Gasteiger charge is 2.12. The molecule has 0 amide bonds. The molecule has 2 atom stereocenters. The molecule has 1 aromatic carbocycles. The third kappa shape index (κ3) is 5.98. The maximum atomic E-state index is 12.7. The van der Waals surface area contributed by atoms with E-state index in [9.17, 15) is 9.32 Å². The summed E-state index contributed by atoms with van der Waals surface area (Å²) in [5, 5.41) is 10.0. The van der Waals surface area contributed by atoms with Crippen LogP contribution in [-0.4, -0.2) is 15.4 Å². The van der Waals surface area contributed by atoms with Crippen molar-refractivity contribution >= 4 is 10.8 Å². The summed E-state index contributed by atoms with van der Waals surface area (Å²) in [4.78, 5) is 1.44. The maximum Gasteiger partial charge on any atom is 0.0847 e. The minimum atomic E-state index is -1.26. The SMILES string of the molecule is CCC/C=C/C(=C/[C@@H](O)C(C)C)S(=O)c1ccc(C)cc1. The Bertz CT molecular complexity index is 513. The van der Waals surface area contributed by atoms with Crippen LogP contribution in [0, 0.1) is 12.8 Å². The number of hydrogen-bond donors (Lipinski definition) is 1. The number of benzene rings is 1. The van der Waals surface area contributed by atoms with Crippen LogP contribution in [0.5, 0.6) is 0 Å². The largest absolute Gasteiger partial charge is 0.389 e. The van der Waals surface area contributed by atoms with Crippen molar-refractivity contribution in [1.82, 2.24) is 0 Å². The van der Waals surface area contributed by atoms with Crippen LogP contribution in [0.1, 0.15) is 39.2 Å². The molecule has 1 unspecified atom stereocenters. The average Bonchev–Trinajstić information content (AvgIpc) is 2.46. The van der Waals surface area contributed by atoms with Crippen LogP contribution in [0.2, 0.25) is 0 Å². The molecule has 1 aromatic rings. The molecule has 0 fully saturated rings. The highest BCUT2D eigenvalue weighted by atomic mass is 32.2. The highest BCUT2D eigenvalue weighted by Crippen LogP contribution is 2.19. The second-order valence-corrected chi connectivity index (χ2v) is 7.06. The summed E-state index contributed by atoms with van der Waals surface area (Å²) in [7, 11) is -1.26. The van der Waals surface area contributed by atoms with Crippen LogP contribution in [0.15, 0.2) is 52.3 Å². The molecule has 0 aliphatic rings. The van der Waals surface area contributed by atoms with E-state index in [0.717, 1.165) is 23.3 Å². The molecule has 0 aliphatic carbocycles. The first kappa shape index (κ1) is 17.9. The van der Waals surface area contributed by atoms with Crippen molar-refractivity contribution in [2.75, 3.05) is 0 Å². The molecule has 1 rings (SSSR count). The van der Waals surface area contributed by atoms with Crippen LogP contribution in [0.25, 0.3) is 0 Å². The van der Waals surface area contributed by atoms with Crippen molar-refractivity contribution in [3.63, 3.8) is 0 Å². The molecule has 0 aromatic heterocycles. The molecule has 0 radical (unpaired) electrons. The van der Waals surface area contributed by atoms with Crippen molar-refractivity contribution < 1.29 is 9.32 Å². The molecule has 0 saturated carbocycles. The van der Waals surface area contributed by atoms with Gasteiger partial charge in [0.25, 0.3) is 0 Å². The first-order valence-corrected chi connectivity index (χ1v) is 8.65. The van der Waals surface area contributed by atoms with Gasteiger partial charge in [-0.05, 0) is 43.5 Å². The van der Waals surface area contributed by atoms with Crippen molar-refractivity contribution in [2.24, 2.45) is 5.92 Å². The van der Waals surface area contributed by atoms with Crippen molar-refractivity contribution in [3.05, 3.63) is 53.0 Å². The van der Waals surface area contributed by atoms with E-state index < -0.39 is 16.9 Å². The lowest BCUT2D eigenvalue weighted by atomic mass is 10.1. The van der Waals surface area contributed by atoms with Crippen LogP contribution < -0.4 is 0 Å². The van der Waals surface area contributed by atoms with Gasteiger partial charge in [-0.2, -0.15) is 0 Å². The number of aryl methyl sites for hydroxylation is 1. The molecule has 0 heterocycles. The first-order valence-electron chi connectivity index (χ1n) is 7.50. The van der Waals surface area contributed by atoms with Gasteiger partial charge in [-0.3, -0.25) is 0 Å². The summed E-state index contributed by atoms with van der Waals surface area (Å²) < 4.78 is 12.7. The summed E-state index contributed by atoms with van der Waals surface area (Å²) in [5.74, 6) is 0.106. The Morgan fingerprint density at radius 3 is 2.43 bits per heavy atom. The van der Waals surface area contributed by atoms with Gasteiger partial charge in [0.15, 0.2) is 0 Å². The zero-order valence-electron chi connectivity index (χ0n) is 13.4. The maximum absolute atomic E-state index is 12.7. The first-order chi connectivity index (χ1) is 9.95. The fourth-order valence-corrected chi connectivity index (χ4v) is 2.84. The number of unbranched alkanes of at least 4 members (excludes halogenated alkanes) is 1. The summed E-state index contributed by atoms with van der Waals surface area (Å²) >= 11 is 0. The van der Waals surface area contributed by atoms with Gasteiger partial charge in [-0.1, -0.05) is 51.0 Å². The number of hydrogen-bond acceptors (Lipinski definition) is 2. The zero-order valence-corrected chi connectivity index (χ0v) is 14.2. The van der Waals surface area contributed by atoms with E-state index in [0.29, 0.717) is 4.91 Å². The summed E-state index contributed by atoms with van der Waals surface area (Å²) in [6, 6.07) is 7.68. The van der Waals surface area contributed by atoms with Crippen LogP contribution in [-0.2, 0) is 10.8 Å². The molecule has 0 saturated heterocycles. The predicted octanol–water partition coefficient (Wildman–Crippen LogP) is 4.36. The average molecular weight is 306 g/mol. The zero-order chi connectivity index (χ0) is 15.8. The predicted molar refractivity (Wildman–Crippen MR) is 90.6 cm³/mol. The Morgan fingerprint density at radius 2 is 1.90 bits per heavy atom. The molecule has 0 aliphatic heterocycles. The van der Waals surface area contributed by atoms with Gasteiger partial charge < -0.3 is 5.11 Å². The summed E-state index contributed by atoms with van der Waals surface area (Å²) in [6.07, 6.45) is 7.03. The van der Waals surface area contributed by atoms with Crippen molar-refractivity contribution in [2.45, 2.75) is 51.5 Å². The topological polar surface area (TPSA) is 37.3 Å². The lowest BCUT2D eigenvalue weighted by molar-refractivity contribution is 0.172. The normalized spacial score (nSPS) is 15.6. The molecule has 3 heteroatoms. The molecule has 0 bridgehead atoms. The van der Waals surface area contributed by atoms with Gasteiger partial charge >= 0.3 is 0 Å². The number of aliphatic hydroxyl groups excluding tert-OH is 1. The van der Waals surface area contributed by atoms with E-state index in [1.165, 1.54) is 0 Å². The molecule has 2 nitrogen and oxygen atoms in total. The number of allylic oxidation sites excluding steroid dienone is 2. The van der Waals surface area contributed by atoms with Gasteiger partial charge in [0.05, 0.1) is 16.9 Å². The Labute approximate surface area is 131 Å². The number of aliphatic hydroxyl groups is 1. The Morgan fingerprint density at radius 1 is 1.29 bits per heavy atom. The van der Waals surface area contributed by atoms with Crippen LogP contribution in [0.3, 0.4) is 0 Å². The van der Waals surface area contributed by atoms with E-state index in [-0.39, 0.29) is 5.92 Å². The van der Waals surface area contributed by atoms with Crippen molar-refractivity contribution in [3.8, 4) is 0 Å². The quantitative estimate of drug-likeness (QED) is 0.760. The van der Waals surface area contributed by atoms with Gasteiger partial charge in [-0.25, -0.2) is 4.21 Å². The van der Waals surface area contributed by atoms with E-state index in [2.05, 4.69) is 6.92 Å². The van der Waals surface area contributed by atoms with Gasteiger partial charge in [-0.15, -0.1) is 0 Å². The molecule has 1 N–H and O–H groups in total. The lowest BCUT2D eigenvalue weighted by Crippen LogP contribution is -2.12. The monoisotopic (exact) mass is 306 g/mol. The highest BCUT2D eigenvalue weighted by molar-refractivity contribution is 7.89. The van der Waals surface area contributed by atoms with E-state index >= 15 is 0 Å². The molecular formula is C18H26O2S. The Hall–Kier alpha value is -1.19. The Kier molecular flexibility index (Phi) is 7.62. The molecule has 0 spiro atoms. The van der Waals surface area contributed by atoms with Crippen molar-refractivity contribution in [1.29, 1.82) is 0 Å². The molecular weight excluding hydrogens is 280 g/mol. The molecule has 21 heavy (non-hydrogen) atoms. The van der Waals surface area contributed by atoms with E-state index in [1.807, 2.05) is 57.2 Å². The Balaban J connectivity index is 3.05. The summed E-state index contributed by atoms with van der Waals surface area (Å²) in [6.45, 7) is 8.01. The standard InChI is InChI=1S/C18H26O2S/c1-5-6-7-8-17(13-18(19)14(2)3)21(20)16-11-9-15(4)10-12-16/h7-14,18-19H,5-6H2,1-4H3/b8-7+,17-13-/t18-,21?/m1/s1. The minimum absolute atomic E-state index is 0.106. The third-order valence-corrected chi connectivity index (χ3v) is 4.61. The minimum Gasteiger partial charge on any atom is -0.389 e. The lowest BCUT2D eigenvalue weighted by Gasteiger charge is -2.12. The smallest absolute Gasteiger partial charge is 0.0847 e.